The first-order chi connectivity index (χ1) is 15.7. The average Bonchev–Trinajstić information content (AvgIpc) is 3.00. The Labute approximate surface area is 221 Å². The number of benzene rings is 2. The van der Waals surface area contributed by atoms with E-state index in [9.17, 15) is 0 Å². The van der Waals surface area contributed by atoms with Crippen molar-refractivity contribution in [2.45, 2.75) is 64.2 Å². The third kappa shape index (κ3) is 5.29. The standard InChI is InChI=1S/C31H35ClN.Ni/c1-30(2,25-16-7-6-8-17-25)22-12-15-23-13-11-14-24(29(23)32)20-21-28-31(3,4)26-18-9-10-19-27(26)33(28)5;/h6-10,12,15-16,18-21H,11,13-14,22H2,1-5H3;/q-1;/b15-12+,24-20+,28-21+;. The molecule has 0 aromatic heterocycles. The van der Waals surface area contributed by atoms with E-state index in [1.54, 1.807) is 0 Å². The molecule has 0 N–H and O–H groups in total. The van der Waals surface area contributed by atoms with Gasteiger partial charge in [0, 0.05) is 45.4 Å². The number of anilines is 1. The third-order valence-corrected chi connectivity index (χ3v) is 7.71. The zero-order valence-corrected chi connectivity index (χ0v) is 22.6. The minimum absolute atomic E-state index is 0. The van der Waals surface area contributed by atoms with Crippen molar-refractivity contribution in [3.63, 3.8) is 0 Å². The summed E-state index contributed by atoms with van der Waals surface area (Å²) < 4.78 is 0. The van der Waals surface area contributed by atoms with Gasteiger partial charge in [-0.2, -0.15) is 35.9 Å². The van der Waals surface area contributed by atoms with E-state index in [0.29, 0.717) is 0 Å². The fourth-order valence-corrected chi connectivity index (χ4v) is 5.42. The van der Waals surface area contributed by atoms with Crippen molar-refractivity contribution >= 4 is 17.3 Å². The molecule has 4 rings (SSSR count). The smallest absolute Gasteiger partial charge is 0.0469 e. The number of rotatable bonds is 5. The van der Waals surface area contributed by atoms with Crippen LogP contribution in [0.25, 0.3) is 0 Å². The van der Waals surface area contributed by atoms with Crippen LogP contribution in [0.3, 0.4) is 0 Å². The first-order valence-corrected chi connectivity index (χ1v) is 12.4. The topological polar surface area (TPSA) is 3.24 Å². The van der Waals surface area contributed by atoms with Gasteiger partial charge in [0.05, 0.1) is 0 Å². The van der Waals surface area contributed by atoms with Crippen molar-refractivity contribution in [2.75, 3.05) is 11.9 Å². The molecule has 1 aliphatic heterocycles. The minimum atomic E-state index is -0.0178. The Morgan fingerprint density at radius 2 is 1.79 bits per heavy atom. The van der Waals surface area contributed by atoms with Crippen LogP contribution in [0.2, 0.25) is 0 Å². The molecule has 1 nitrogen and oxygen atoms in total. The molecule has 0 fully saturated rings. The van der Waals surface area contributed by atoms with Crippen LogP contribution in [0.4, 0.5) is 5.69 Å². The van der Waals surface area contributed by atoms with Gasteiger partial charge in [0.25, 0.3) is 0 Å². The van der Waals surface area contributed by atoms with E-state index in [0.717, 1.165) is 30.7 Å². The normalized spacial score (nSPS) is 20.2. The maximum absolute atomic E-state index is 6.91. The first kappa shape index (κ1) is 26.6. The summed E-state index contributed by atoms with van der Waals surface area (Å²) in [6, 6.07) is 20.3. The predicted molar refractivity (Wildman–Crippen MR) is 143 cm³/mol. The van der Waals surface area contributed by atoms with Crippen molar-refractivity contribution in [1.82, 2.24) is 0 Å². The molecule has 0 spiro atoms. The van der Waals surface area contributed by atoms with Gasteiger partial charge in [-0.3, -0.25) is 0 Å². The van der Waals surface area contributed by atoms with Crippen molar-refractivity contribution in [3.05, 3.63) is 112 Å². The molecule has 0 atom stereocenters. The van der Waals surface area contributed by atoms with E-state index in [4.69, 9.17) is 11.6 Å². The number of halogens is 1. The van der Waals surface area contributed by atoms with Gasteiger partial charge in [0.15, 0.2) is 0 Å². The third-order valence-electron chi connectivity index (χ3n) is 7.22. The van der Waals surface area contributed by atoms with Crippen LogP contribution in [0.15, 0.2) is 94.7 Å². The zero-order valence-electron chi connectivity index (χ0n) is 20.9. The first-order valence-electron chi connectivity index (χ1n) is 12.0. The number of fused-ring (bicyclic) bond motifs is 1. The predicted octanol–water partition coefficient (Wildman–Crippen LogP) is 8.62. The molecule has 2 aliphatic rings. The van der Waals surface area contributed by atoms with Crippen LogP contribution >= 0.6 is 11.6 Å². The van der Waals surface area contributed by atoms with Gasteiger partial charge < -0.3 is 4.90 Å². The number of allylic oxidation sites excluding steroid dienone is 8. The van der Waals surface area contributed by atoms with E-state index in [-0.39, 0.29) is 27.3 Å². The molecule has 0 radical (unpaired) electrons. The number of hydrogen-bond donors (Lipinski definition) is 0. The fourth-order valence-electron chi connectivity index (χ4n) is 5.11. The van der Waals surface area contributed by atoms with E-state index in [2.05, 4.69) is 106 Å². The molecule has 2 aromatic rings. The molecular formula is C31H35ClNNi-. The molecule has 0 saturated carbocycles. The summed E-state index contributed by atoms with van der Waals surface area (Å²) in [6.45, 7) is 9.15. The SMILES string of the molecule is CN1/C(=C/C=C2\CCCC(/C=C/CC(C)(C)c3[c-]cccc3)=C2Cl)C(C)(C)c2ccccc21.[Ni]. The summed E-state index contributed by atoms with van der Waals surface area (Å²) >= 11 is 6.91. The minimum Gasteiger partial charge on any atom is -0.347 e. The van der Waals surface area contributed by atoms with Crippen molar-refractivity contribution in [3.8, 4) is 0 Å². The summed E-state index contributed by atoms with van der Waals surface area (Å²) in [5.74, 6) is 0. The molecule has 1 heterocycles. The molecule has 0 saturated heterocycles. The molecule has 2 aromatic carbocycles. The Morgan fingerprint density at radius 1 is 1.06 bits per heavy atom. The van der Waals surface area contributed by atoms with E-state index >= 15 is 0 Å². The van der Waals surface area contributed by atoms with Crippen molar-refractivity contribution in [1.29, 1.82) is 0 Å². The molecule has 1 aliphatic carbocycles. The van der Waals surface area contributed by atoms with Crippen molar-refractivity contribution < 1.29 is 16.5 Å². The second-order valence-electron chi connectivity index (χ2n) is 10.4. The molecule has 0 amide bonds. The maximum atomic E-state index is 6.91. The summed E-state index contributed by atoms with van der Waals surface area (Å²) in [6.07, 6.45) is 13.2. The number of para-hydroxylation sites is 1. The Balaban J connectivity index is 0.00000324. The zero-order chi connectivity index (χ0) is 23.6. The van der Waals surface area contributed by atoms with Gasteiger partial charge in [-0.25, -0.2) is 0 Å². The Bertz CT molecular complexity index is 1140. The number of nitrogens with zero attached hydrogens (tertiary/aromatic N) is 1. The fraction of sp³-hybridized carbons (Fsp3) is 0.355. The molecular weight excluding hydrogens is 480 g/mol. The maximum Gasteiger partial charge on any atom is 0.0469 e. The van der Waals surface area contributed by atoms with Gasteiger partial charge in [0.2, 0.25) is 0 Å². The second-order valence-corrected chi connectivity index (χ2v) is 10.8. The Kier molecular flexibility index (Phi) is 8.38. The summed E-state index contributed by atoms with van der Waals surface area (Å²) in [7, 11) is 2.16. The van der Waals surface area contributed by atoms with Crippen LogP contribution in [0, 0.1) is 6.07 Å². The van der Waals surface area contributed by atoms with E-state index in [1.807, 2.05) is 12.1 Å². The van der Waals surface area contributed by atoms with Crippen LogP contribution in [0.1, 0.15) is 64.5 Å². The van der Waals surface area contributed by atoms with E-state index < -0.39 is 0 Å². The van der Waals surface area contributed by atoms with Gasteiger partial charge in [0.1, 0.15) is 0 Å². The van der Waals surface area contributed by atoms with Gasteiger partial charge in [-0.1, -0.05) is 75.7 Å². The Morgan fingerprint density at radius 3 is 2.50 bits per heavy atom. The average molecular weight is 516 g/mol. The van der Waals surface area contributed by atoms with Gasteiger partial charge in [-0.05, 0) is 60.0 Å². The van der Waals surface area contributed by atoms with Crippen LogP contribution < -0.4 is 4.90 Å². The largest absolute Gasteiger partial charge is 0.347 e. The van der Waals surface area contributed by atoms with Gasteiger partial charge in [-0.15, -0.1) is 0 Å². The second kappa shape index (κ2) is 10.7. The molecule has 0 bridgehead atoms. The summed E-state index contributed by atoms with van der Waals surface area (Å²) in [5.41, 5.74) is 7.75. The van der Waals surface area contributed by atoms with Crippen LogP contribution in [-0.2, 0) is 27.3 Å². The number of likely N-dealkylation sites (N-methyl/N-ethyl adjacent to an activating group) is 1. The quantitative estimate of drug-likeness (QED) is 0.285. The van der Waals surface area contributed by atoms with Gasteiger partial charge >= 0.3 is 0 Å². The van der Waals surface area contributed by atoms with Crippen LogP contribution in [0.5, 0.6) is 0 Å². The summed E-state index contributed by atoms with van der Waals surface area (Å²) in [4.78, 5) is 2.32. The van der Waals surface area contributed by atoms with Crippen molar-refractivity contribution in [2.24, 2.45) is 0 Å². The number of hydrogen-bond acceptors (Lipinski definition) is 1. The van der Waals surface area contributed by atoms with E-state index in [1.165, 1.54) is 33.7 Å². The Hall–Kier alpha value is -2.02. The monoisotopic (exact) mass is 514 g/mol. The van der Waals surface area contributed by atoms with Crippen LogP contribution in [-0.4, -0.2) is 7.05 Å². The molecule has 3 heteroatoms. The molecule has 34 heavy (non-hydrogen) atoms. The molecule has 0 unspecified atom stereocenters. The summed E-state index contributed by atoms with van der Waals surface area (Å²) in [5, 5.41) is 0.925. The molecule has 182 valence electrons.